The number of benzene rings is 1. The van der Waals surface area contributed by atoms with Gasteiger partial charge in [-0.2, -0.15) is 5.26 Å². The SMILES string of the molecule is N#CN1C[C@@H]2OCCN(c3nccc(-c4ccccc4)n3)[C@@H]2C1. The summed E-state index contributed by atoms with van der Waals surface area (Å²) in [7, 11) is 0. The lowest BCUT2D eigenvalue weighted by Crippen LogP contribution is -2.51. The highest BCUT2D eigenvalue weighted by atomic mass is 16.5. The van der Waals surface area contributed by atoms with Crippen LogP contribution in [-0.4, -0.2) is 53.3 Å². The molecule has 4 rings (SSSR count). The van der Waals surface area contributed by atoms with Crippen LogP contribution < -0.4 is 4.90 Å². The van der Waals surface area contributed by atoms with Crippen LogP contribution in [-0.2, 0) is 4.74 Å². The number of hydrogen-bond acceptors (Lipinski definition) is 6. The van der Waals surface area contributed by atoms with E-state index < -0.39 is 0 Å². The Morgan fingerprint density at radius 2 is 2.04 bits per heavy atom. The second-order valence-corrected chi connectivity index (χ2v) is 5.78. The van der Waals surface area contributed by atoms with E-state index in [1.165, 1.54) is 0 Å². The zero-order valence-corrected chi connectivity index (χ0v) is 12.7. The highest BCUT2D eigenvalue weighted by molar-refractivity contribution is 5.60. The summed E-state index contributed by atoms with van der Waals surface area (Å²) < 4.78 is 5.81. The Morgan fingerprint density at radius 3 is 2.87 bits per heavy atom. The number of rotatable bonds is 2. The molecule has 3 heterocycles. The summed E-state index contributed by atoms with van der Waals surface area (Å²) in [4.78, 5) is 13.1. The van der Waals surface area contributed by atoms with Crippen molar-refractivity contribution in [3.63, 3.8) is 0 Å². The van der Waals surface area contributed by atoms with Crippen molar-refractivity contribution in [2.75, 3.05) is 31.1 Å². The minimum Gasteiger partial charge on any atom is -0.372 e. The molecule has 0 bridgehead atoms. The van der Waals surface area contributed by atoms with Gasteiger partial charge in [0, 0.05) is 18.3 Å². The van der Waals surface area contributed by atoms with E-state index in [0.717, 1.165) is 17.8 Å². The number of morpholine rings is 1. The first-order valence-electron chi connectivity index (χ1n) is 7.76. The molecule has 116 valence electrons. The summed E-state index contributed by atoms with van der Waals surface area (Å²) in [5.74, 6) is 0.712. The van der Waals surface area contributed by atoms with E-state index in [2.05, 4.69) is 16.1 Å². The van der Waals surface area contributed by atoms with Crippen LogP contribution in [0.25, 0.3) is 11.3 Å². The van der Waals surface area contributed by atoms with E-state index in [-0.39, 0.29) is 12.1 Å². The quantitative estimate of drug-likeness (QED) is 0.784. The van der Waals surface area contributed by atoms with Gasteiger partial charge in [-0.25, -0.2) is 9.97 Å². The maximum absolute atomic E-state index is 9.13. The number of nitrogens with zero attached hydrogens (tertiary/aromatic N) is 5. The van der Waals surface area contributed by atoms with Gasteiger partial charge in [0.05, 0.1) is 37.5 Å². The topological polar surface area (TPSA) is 65.3 Å². The molecule has 0 N–H and O–H groups in total. The van der Waals surface area contributed by atoms with Gasteiger partial charge in [-0.15, -0.1) is 0 Å². The standard InChI is InChI=1S/C17H17N5O/c18-12-21-10-15-16(11-21)23-9-8-22(15)17-19-7-6-14(20-17)13-4-2-1-3-5-13/h1-7,15-16H,8-11H2/t15-,16+/m1/s1. The molecule has 2 fully saturated rings. The number of likely N-dealkylation sites (tertiary alicyclic amines) is 1. The molecule has 0 spiro atoms. The van der Waals surface area contributed by atoms with Crippen LogP contribution in [0.1, 0.15) is 0 Å². The summed E-state index contributed by atoms with van der Waals surface area (Å²) in [6.07, 6.45) is 4.06. The van der Waals surface area contributed by atoms with Crippen molar-refractivity contribution in [1.29, 1.82) is 5.26 Å². The Balaban J connectivity index is 1.64. The molecule has 2 atom stereocenters. The first-order chi connectivity index (χ1) is 11.3. The Hall–Kier alpha value is -2.65. The highest BCUT2D eigenvalue weighted by Crippen LogP contribution is 2.27. The fourth-order valence-corrected chi connectivity index (χ4v) is 3.27. The van der Waals surface area contributed by atoms with Crippen LogP contribution in [0, 0.1) is 11.5 Å². The van der Waals surface area contributed by atoms with Crippen LogP contribution in [0.5, 0.6) is 0 Å². The van der Waals surface area contributed by atoms with Crippen molar-refractivity contribution in [1.82, 2.24) is 14.9 Å². The molecular formula is C17H17N5O. The molecule has 0 radical (unpaired) electrons. The summed E-state index contributed by atoms with van der Waals surface area (Å²) in [6, 6.07) is 12.1. The molecule has 2 aromatic rings. The fourth-order valence-electron chi connectivity index (χ4n) is 3.27. The average Bonchev–Trinajstić information content (AvgIpc) is 3.06. The zero-order valence-electron chi connectivity index (χ0n) is 12.7. The fraction of sp³-hybridized carbons (Fsp3) is 0.353. The van der Waals surface area contributed by atoms with E-state index >= 15 is 0 Å². The minimum atomic E-state index is 0.0485. The van der Waals surface area contributed by atoms with Gasteiger partial charge in [0.2, 0.25) is 5.95 Å². The third-order valence-corrected chi connectivity index (χ3v) is 4.41. The zero-order chi connectivity index (χ0) is 15.6. The Labute approximate surface area is 134 Å². The number of anilines is 1. The predicted molar refractivity (Wildman–Crippen MR) is 85.5 cm³/mol. The number of nitriles is 1. The van der Waals surface area contributed by atoms with Crippen molar-refractivity contribution < 1.29 is 4.74 Å². The predicted octanol–water partition coefficient (Wildman–Crippen LogP) is 1.51. The lowest BCUT2D eigenvalue weighted by Gasteiger charge is -2.36. The molecule has 2 aliphatic rings. The number of hydrogen-bond donors (Lipinski definition) is 0. The smallest absolute Gasteiger partial charge is 0.226 e. The summed E-state index contributed by atoms with van der Waals surface area (Å²) in [5.41, 5.74) is 1.99. The van der Waals surface area contributed by atoms with Crippen molar-refractivity contribution in [3.8, 4) is 17.5 Å². The molecule has 2 saturated heterocycles. The van der Waals surface area contributed by atoms with Crippen LogP contribution in [0.3, 0.4) is 0 Å². The molecule has 0 amide bonds. The summed E-state index contributed by atoms with van der Waals surface area (Å²) >= 11 is 0. The monoisotopic (exact) mass is 307 g/mol. The lowest BCUT2D eigenvalue weighted by atomic mass is 10.1. The minimum absolute atomic E-state index is 0.0485. The van der Waals surface area contributed by atoms with Crippen molar-refractivity contribution in [2.24, 2.45) is 0 Å². The largest absolute Gasteiger partial charge is 0.372 e. The van der Waals surface area contributed by atoms with Gasteiger partial charge < -0.3 is 14.5 Å². The van der Waals surface area contributed by atoms with Gasteiger partial charge in [-0.3, -0.25) is 0 Å². The van der Waals surface area contributed by atoms with Gasteiger partial charge in [0.25, 0.3) is 0 Å². The molecule has 23 heavy (non-hydrogen) atoms. The normalized spacial score (nSPS) is 23.4. The number of aromatic nitrogens is 2. The van der Waals surface area contributed by atoms with Gasteiger partial charge in [-0.05, 0) is 6.07 Å². The number of fused-ring (bicyclic) bond motifs is 1. The molecule has 1 aromatic carbocycles. The third-order valence-electron chi connectivity index (χ3n) is 4.41. The van der Waals surface area contributed by atoms with Crippen molar-refractivity contribution in [3.05, 3.63) is 42.6 Å². The third kappa shape index (κ3) is 2.60. The summed E-state index contributed by atoms with van der Waals surface area (Å²) in [5, 5.41) is 9.13. The van der Waals surface area contributed by atoms with Crippen LogP contribution in [0.4, 0.5) is 5.95 Å². The average molecular weight is 307 g/mol. The van der Waals surface area contributed by atoms with Gasteiger partial charge in [-0.1, -0.05) is 30.3 Å². The Bertz CT molecular complexity index is 729. The number of ether oxygens (including phenoxy) is 1. The molecule has 6 nitrogen and oxygen atoms in total. The van der Waals surface area contributed by atoms with E-state index in [4.69, 9.17) is 15.0 Å². The molecule has 0 unspecified atom stereocenters. The van der Waals surface area contributed by atoms with Crippen LogP contribution >= 0.6 is 0 Å². The second kappa shape index (κ2) is 5.86. The van der Waals surface area contributed by atoms with E-state index in [1.807, 2.05) is 36.4 Å². The molecule has 2 aliphatic heterocycles. The molecule has 6 heteroatoms. The van der Waals surface area contributed by atoms with Gasteiger partial charge >= 0.3 is 0 Å². The first kappa shape index (κ1) is 14.0. The van der Waals surface area contributed by atoms with Crippen LogP contribution in [0.15, 0.2) is 42.6 Å². The van der Waals surface area contributed by atoms with Gasteiger partial charge in [0.1, 0.15) is 0 Å². The molecule has 0 saturated carbocycles. The highest BCUT2D eigenvalue weighted by Gasteiger charge is 2.41. The first-order valence-corrected chi connectivity index (χ1v) is 7.76. The Kier molecular flexibility index (Phi) is 3.56. The van der Waals surface area contributed by atoms with E-state index in [0.29, 0.717) is 25.6 Å². The van der Waals surface area contributed by atoms with E-state index in [9.17, 15) is 0 Å². The summed E-state index contributed by atoms with van der Waals surface area (Å²) in [6.45, 7) is 2.70. The Morgan fingerprint density at radius 1 is 1.17 bits per heavy atom. The maximum atomic E-state index is 9.13. The molecule has 0 aliphatic carbocycles. The molecular weight excluding hydrogens is 290 g/mol. The second-order valence-electron chi connectivity index (χ2n) is 5.78. The molecule has 1 aromatic heterocycles. The van der Waals surface area contributed by atoms with E-state index in [1.54, 1.807) is 11.1 Å². The van der Waals surface area contributed by atoms with Gasteiger partial charge in [0.15, 0.2) is 6.19 Å². The maximum Gasteiger partial charge on any atom is 0.226 e. The van der Waals surface area contributed by atoms with Crippen LogP contribution in [0.2, 0.25) is 0 Å². The lowest BCUT2D eigenvalue weighted by molar-refractivity contribution is 0.0319. The van der Waals surface area contributed by atoms with Crippen molar-refractivity contribution >= 4 is 5.95 Å². The van der Waals surface area contributed by atoms with Crippen molar-refractivity contribution in [2.45, 2.75) is 12.1 Å².